The monoisotopic (exact) mass is 400 g/mol. The minimum absolute atomic E-state index is 0.0620. The summed E-state index contributed by atoms with van der Waals surface area (Å²) >= 11 is 0. The van der Waals surface area contributed by atoms with Crippen LogP contribution in [0.3, 0.4) is 0 Å². The summed E-state index contributed by atoms with van der Waals surface area (Å²) < 4.78 is 10.5. The van der Waals surface area contributed by atoms with Gasteiger partial charge in [-0.15, -0.1) is 0 Å². The second kappa shape index (κ2) is 10.3. The Bertz CT molecular complexity index is 782. The number of hydrogen-bond acceptors (Lipinski definition) is 4. The number of hydrogen-bond donors (Lipinski definition) is 1. The van der Waals surface area contributed by atoms with Crippen molar-refractivity contribution >= 4 is 5.97 Å². The third kappa shape index (κ3) is 8.59. The lowest BCUT2D eigenvalue weighted by Crippen LogP contribution is -2.26. The Morgan fingerprint density at radius 1 is 0.931 bits per heavy atom. The quantitative estimate of drug-likeness (QED) is 0.639. The van der Waals surface area contributed by atoms with E-state index in [1.165, 1.54) is 5.56 Å². The fourth-order valence-corrected chi connectivity index (χ4v) is 2.52. The maximum Gasteiger partial charge on any atom is 0.347 e. The number of aromatic hydroxyl groups is 1. The van der Waals surface area contributed by atoms with Crippen LogP contribution in [0, 0.1) is 0 Å². The van der Waals surface area contributed by atoms with Gasteiger partial charge in [-0.2, -0.15) is 0 Å². The number of benzene rings is 2. The zero-order chi connectivity index (χ0) is 22.2. The molecule has 0 saturated heterocycles. The maximum absolute atomic E-state index is 11.5. The first-order valence-corrected chi connectivity index (χ1v) is 10.1. The number of phenols is 1. The fourth-order valence-electron chi connectivity index (χ4n) is 2.52. The van der Waals surface area contributed by atoms with Crippen LogP contribution in [-0.2, 0) is 20.4 Å². The predicted molar refractivity (Wildman–Crippen MR) is 119 cm³/mol. The van der Waals surface area contributed by atoms with Crippen molar-refractivity contribution < 1.29 is 19.4 Å². The molecule has 0 radical (unpaired) electrons. The smallest absolute Gasteiger partial charge is 0.347 e. The van der Waals surface area contributed by atoms with E-state index in [9.17, 15) is 9.90 Å². The van der Waals surface area contributed by atoms with Crippen molar-refractivity contribution in [1.82, 2.24) is 0 Å². The van der Waals surface area contributed by atoms with Gasteiger partial charge in [0.25, 0.3) is 0 Å². The number of phenolic OH excluding ortho intramolecular Hbond substituents is 1. The van der Waals surface area contributed by atoms with E-state index in [-0.39, 0.29) is 16.8 Å². The van der Waals surface area contributed by atoms with Gasteiger partial charge in [0.1, 0.15) is 11.5 Å². The molecule has 2 rings (SSSR count). The van der Waals surface area contributed by atoms with Gasteiger partial charge in [0.05, 0.1) is 6.61 Å². The normalized spacial score (nSPS) is 12.4. The van der Waals surface area contributed by atoms with E-state index in [1.54, 1.807) is 26.0 Å². The van der Waals surface area contributed by atoms with Crippen LogP contribution in [-0.4, -0.2) is 23.8 Å². The first kappa shape index (κ1) is 24.5. The zero-order valence-corrected chi connectivity index (χ0v) is 19.1. The minimum atomic E-state index is -0.583. The van der Waals surface area contributed by atoms with Gasteiger partial charge < -0.3 is 14.6 Å². The SMILES string of the molecule is CC(C)(C)c1cccc(O)c1.CCOC(=O)C(C)Oc1cccc(C(C)(C)C)c1. The molecule has 2 aromatic carbocycles. The molecule has 0 amide bonds. The summed E-state index contributed by atoms with van der Waals surface area (Å²) in [4.78, 5) is 11.5. The van der Waals surface area contributed by atoms with Crippen LogP contribution < -0.4 is 4.74 Å². The van der Waals surface area contributed by atoms with Gasteiger partial charge in [0, 0.05) is 0 Å². The Labute approximate surface area is 175 Å². The van der Waals surface area contributed by atoms with Crippen LogP contribution in [0.15, 0.2) is 48.5 Å². The molecule has 160 valence electrons. The highest BCUT2D eigenvalue weighted by molar-refractivity contribution is 5.74. The molecule has 1 N–H and O–H groups in total. The van der Waals surface area contributed by atoms with Gasteiger partial charge in [0.15, 0.2) is 6.10 Å². The Kier molecular flexibility index (Phi) is 8.75. The van der Waals surface area contributed by atoms with Crippen molar-refractivity contribution in [3.05, 3.63) is 59.7 Å². The minimum Gasteiger partial charge on any atom is -0.508 e. The molecule has 4 nitrogen and oxygen atoms in total. The highest BCUT2D eigenvalue weighted by atomic mass is 16.6. The van der Waals surface area contributed by atoms with Crippen LogP contribution in [0.2, 0.25) is 0 Å². The highest BCUT2D eigenvalue weighted by Crippen LogP contribution is 2.26. The molecule has 0 aliphatic carbocycles. The Hall–Kier alpha value is -2.49. The third-order valence-electron chi connectivity index (χ3n) is 4.34. The molecule has 0 aliphatic rings. The molecule has 0 heterocycles. The second-order valence-electron chi connectivity index (χ2n) is 9.09. The summed E-state index contributed by atoms with van der Waals surface area (Å²) in [5.41, 5.74) is 2.53. The average Bonchev–Trinajstić information content (AvgIpc) is 2.61. The molecule has 0 spiro atoms. The van der Waals surface area contributed by atoms with Crippen molar-refractivity contribution in [2.75, 3.05) is 6.61 Å². The van der Waals surface area contributed by atoms with Gasteiger partial charge in [-0.25, -0.2) is 4.79 Å². The van der Waals surface area contributed by atoms with E-state index in [4.69, 9.17) is 9.47 Å². The van der Waals surface area contributed by atoms with Gasteiger partial charge in [-0.1, -0.05) is 65.8 Å². The summed E-state index contributed by atoms with van der Waals surface area (Å²) in [7, 11) is 0. The van der Waals surface area contributed by atoms with E-state index in [0.29, 0.717) is 18.1 Å². The number of ether oxygens (including phenoxy) is 2. The van der Waals surface area contributed by atoms with Crippen molar-refractivity contribution in [3.63, 3.8) is 0 Å². The van der Waals surface area contributed by atoms with Crippen LogP contribution in [0.1, 0.15) is 66.5 Å². The van der Waals surface area contributed by atoms with E-state index in [0.717, 1.165) is 5.56 Å². The maximum atomic E-state index is 11.5. The molecule has 0 fully saturated rings. The van der Waals surface area contributed by atoms with Crippen molar-refractivity contribution in [2.45, 2.75) is 72.3 Å². The molecule has 2 aromatic rings. The van der Waals surface area contributed by atoms with Crippen molar-refractivity contribution in [3.8, 4) is 11.5 Å². The van der Waals surface area contributed by atoms with E-state index in [2.05, 4.69) is 47.6 Å². The van der Waals surface area contributed by atoms with Gasteiger partial charge >= 0.3 is 5.97 Å². The molecule has 4 heteroatoms. The fraction of sp³-hybridized carbons (Fsp3) is 0.480. The largest absolute Gasteiger partial charge is 0.508 e. The summed E-state index contributed by atoms with van der Waals surface area (Å²) in [6.07, 6.45) is -0.583. The lowest BCUT2D eigenvalue weighted by atomic mass is 9.87. The van der Waals surface area contributed by atoms with Gasteiger partial charge in [0.2, 0.25) is 0 Å². The van der Waals surface area contributed by atoms with Crippen LogP contribution >= 0.6 is 0 Å². The molecular weight excluding hydrogens is 364 g/mol. The van der Waals surface area contributed by atoms with E-state index in [1.807, 2.05) is 30.3 Å². The Balaban J connectivity index is 0.000000326. The Morgan fingerprint density at radius 3 is 1.90 bits per heavy atom. The van der Waals surface area contributed by atoms with Crippen LogP contribution in [0.25, 0.3) is 0 Å². The van der Waals surface area contributed by atoms with Crippen molar-refractivity contribution in [1.29, 1.82) is 0 Å². The topological polar surface area (TPSA) is 55.8 Å². The lowest BCUT2D eigenvalue weighted by Gasteiger charge is -2.20. The van der Waals surface area contributed by atoms with Crippen LogP contribution in [0.4, 0.5) is 0 Å². The molecule has 29 heavy (non-hydrogen) atoms. The van der Waals surface area contributed by atoms with E-state index >= 15 is 0 Å². The first-order chi connectivity index (χ1) is 13.3. The number of carbonyl (C=O) groups excluding carboxylic acids is 1. The van der Waals surface area contributed by atoms with Gasteiger partial charge in [-0.05, 0) is 60.1 Å². The lowest BCUT2D eigenvalue weighted by molar-refractivity contribution is -0.150. The molecule has 1 atom stereocenters. The average molecular weight is 401 g/mol. The highest BCUT2D eigenvalue weighted by Gasteiger charge is 2.18. The first-order valence-electron chi connectivity index (χ1n) is 10.1. The van der Waals surface area contributed by atoms with E-state index < -0.39 is 6.10 Å². The predicted octanol–water partition coefficient (Wildman–Crippen LogP) is 6.00. The summed E-state index contributed by atoms with van der Waals surface area (Å²) in [6, 6.07) is 15.2. The molecule has 0 saturated carbocycles. The molecule has 0 aromatic heterocycles. The molecule has 0 bridgehead atoms. The Morgan fingerprint density at radius 2 is 1.45 bits per heavy atom. The zero-order valence-electron chi connectivity index (χ0n) is 19.1. The number of rotatable bonds is 4. The summed E-state index contributed by atoms with van der Waals surface area (Å²) in [6.45, 7) is 16.6. The molecular formula is C25H36O4. The summed E-state index contributed by atoms with van der Waals surface area (Å²) in [5.74, 6) is 0.707. The van der Waals surface area contributed by atoms with Crippen molar-refractivity contribution in [2.24, 2.45) is 0 Å². The molecule has 0 aliphatic heterocycles. The summed E-state index contributed by atoms with van der Waals surface area (Å²) in [5, 5.41) is 9.18. The van der Waals surface area contributed by atoms with Gasteiger partial charge in [-0.3, -0.25) is 0 Å². The molecule has 1 unspecified atom stereocenters. The number of carbonyl (C=O) groups is 1. The standard InChI is InChI=1S/C15H22O3.C10H14O/c1-6-17-14(16)11(2)18-13-9-7-8-12(10-13)15(3,4)5;1-10(2,3)8-5-4-6-9(11)7-8/h7-11H,6H2,1-5H3;4-7,11H,1-3H3. The number of esters is 1. The van der Waals surface area contributed by atoms with Crippen LogP contribution in [0.5, 0.6) is 11.5 Å². The second-order valence-corrected chi connectivity index (χ2v) is 9.09. The third-order valence-corrected chi connectivity index (χ3v) is 4.34.